The molecule has 0 saturated heterocycles. The lowest BCUT2D eigenvalue weighted by molar-refractivity contribution is -0.168. The maximum atomic E-state index is 12.7. The molecule has 1 unspecified atom stereocenters. The third-order valence-electron chi connectivity index (χ3n) is 3.93. The predicted octanol–water partition coefficient (Wildman–Crippen LogP) is 4.96. The monoisotopic (exact) mass is 368 g/mol. The van der Waals surface area contributed by atoms with Crippen LogP contribution in [0.2, 0.25) is 0 Å². The van der Waals surface area contributed by atoms with Crippen molar-refractivity contribution in [2.75, 3.05) is 6.61 Å². The van der Waals surface area contributed by atoms with Crippen LogP contribution in [0, 0.1) is 12.3 Å². The van der Waals surface area contributed by atoms with E-state index < -0.39 is 11.0 Å². The van der Waals surface area contributed by atoms with Crippen molar-refractivity contribution in [3.8, 4) is 0 Å². The summed E-state index contributed by atoms with van der Waals surface area (Å²) in [6, 6.07) is 6.15. The van der Waals surface area contributed by atoms with Crippen molar-refractivity contribution >= 4 is 21.9 Å². The minimum Gasteiger partial charge on any atom is -0.459 e. The number of hydrogen-bond donors (Lipinski definition) is 0. The summed E-state index contributed by atoms with van der Waals surface area (Å²) in [5.41, 5.74) is 1.19. The lowest BCUT2D eigenvalue weighted by Crippen LogP contribution is -2.34. The second-order valence-electron chi connectivity index (χ2n) is 7.00. The van der Waals surface area contributed by atoms with Gasteiger partial charge in [-0.3, -0.25) is 4.79 Å². The number of carbonyl (C=O) groups excluding carboxylic acids is 1. The number of rotatable bonds is 5. The Balaban J connectivity index is 2.31. The van der Waals surface area contributed by atoms with Crippen molar-refractivity contribution in [2.45, 2.75) is 59.2 Å². The van der Waals surface area contributed by atoms with Crippen LogP contribution in [0.4, 0.5) is 0 Å². The second kappa shape index (κ2) is 6.32. The molecule has 1 atom stereocenters. The SMILES string of the molecule is CCOC(c1ccc(C)c(Br)c1)C1(C(=O)OC(C)(C)C)CC1. The van der Waals surface area contributed by atoms with Gasteiger partial charge in [-0.15, -0.1) is 0 Å². The molecule has 0 heterocycles. The highest BCUT2D eigenvalue weighted by Gasteiger charge is 2.59. The molecule has 1 saturated carbocycles. The average molecular weight is 369 g/mol. The smallest absolute Gasteiger partial charge is 0.315 e. The Kier molecular flexibility index (Phi) is 5.03. The van der Waals surface area contributed by atoms with E-state index in [0.29, 0.717) is 6.61 Å². The minimum absolute atomic E-state index is 0.143. The van der Waals surface area contributed by atoms with Crippen LogP contribution in [0.25, 0.3) is 0 Å². The maximum absolute atomic E-state index is 12.7. The van der Waals surface area contributed by atoms with Gasteiger partial charge in [0.25, 0.3) is 0 Å². The first-order chi connectivity index (χ1) is 10.2. The van der Waals surface area contributed by atoms with E-state index in [1.54, 1.807) is 0 Å². The zero-order valence-corrected chi connectivity index (χ0v) is 15.6. The van der Waals surface area contributed by atoms with Crippen LogP contribution >= 0.6 is 15.9 Å². The molecular formula is C18H25BrO3. The highest BCUT2D eigenvalue weighted by atomic mass is 79.9. The fourth-order valence-electron chi connectivity index (χ4n) is 2.60. The summed E-state index contributed by atoms with van der Waals surface area (Å²) in [6.07, 6.45) is 1.39. The molecule has 0 radical (unpaired) electrons. The van der Waals surface area contributed by atoms with Crippen LogP contribution in [0.3, 0.4) is 0 Å². The van der Waals surface area contributed by atoms with Crippen LogP contribution in [0.1, 0.15) is 57.8 Å². The molecule has 0 N–H and O–H groups in total. The Morgan fingerprint density at radius 2 is 2.00 bits per heavy atom. The standard InChI is InChI=1S/C18H25BrO3/c1-6-21-15(13-8-7-12(2)14(19)11-13)18(9-10-18)16(20)22-17(3,4)5/h7-8,11,15H,6,9-10H2,1-5H3. The first kappa shape index (κ1) is 17.5. The first-order valence-corrected chi connectivity index (χ1v) is 8.60. The number of carbonyl (C=O) groups is 1. The van der Waals surface area contributed by atoms with Gasteiger partial charge in [0.05, 0.1) is 11.5 Å². The van der Waals surface area contributed by atoms with Gasteiger partial charge >= 0.3 is 5.97 Å². The highest BCUT2D eigenvalue weighted by molar-refractivity contribution is 9.10. The molecule has 2 rings (SSSR count). The molecule has 1 aromatic rings. The molecule has 0 bridgehead atoms. The van der Waals surface area contributed by atoms with Gasteiger partial charge in [-0.1, -0.05) is 28.1 Å². The molecule has 0 amide bonds. The van der Waals surface area contributed by atoms with Crippen molar-refractivity contribution in [3.63, 3.8) is 0 Å². The molecular weight excluding hydrogens is 344 g/mol. The molecule has 4 heteroatoms. The first-order valence-electron chi connectivity index (χ1n) is 7.81. The lowest BCUT2D eigenvalue weighted by atomic mass is 9.91. The van der Waals surface area contributed by atoms with Crippen LogP contribution < -0.4 is 0 Å². The summed E-state index contributed by atoms with van der Waals surface area (Å²) >= 11 is 3.57. The number of aryl methyl sites for hydroxylation is 1. The van der Waals surface area contributed by atoms with Gasteiger partial charge in [0.2, 0.25) is 0 Å². The molecule has 0 aliphatic heterocycles. The molecule has 0 aromatic heterocycles. The van der Waals surface area contributed by atoms with E-state index in [9.17, 15) is 4.79 Å². The van der Waals surface area contributed by atoms with Gasteiger partial charge in [-0.25, -0.2) is 0 Å². The zero-order chi connectivity index (χ0) is 16.5. The van der Waals surface area contributed by atoms with Crippen molar-refractivity contribution in [3.05, 3.63) is 33.8 Å². The van der Waals surface area contributed by atoms with E-state index in [-0.39, 0.29) is 12.1 Å². The minimum atomic E-state index is -0.530. The summed E-state index contributed by atoms with van der Waals surface area (Å²) in [6.45, 7) is 10.3. The number of benzene rings is 1. The van der Waals surface area contributed by atoms with E-state index in [2.05, 4.69) is 28.1 Å². The molecule has 0 spiro atoms. The van der Waals surface area contributed by atoms with Gasteiger partial charge in [-0.2, -0.15) is 0 Å². The van der Waals surface area contributed by atoms with Gasteiger partial charge in [-0.05, 0) is 64.7 Å². The fraction of sp³-hybridized carbons (Fsp3) is 0.611. The van der Waals surface area contributed by atoms with Gasteiger partial charge < -0.3 is 9.47 Å². The Labute approximate surface area is 141 Å². The van der Waals surface area contributed by atoms with Crippen molar-refractivity contribution in [2.24, 2.45) is 5.41 Å². The predicted molar refractivity (Wildman–Crippen MR) is 90.8 cm³/mol. The Bertz CT molecular complexity index is 556. The van der Waals surface area contributed by atoms with Crippen LogP contribution in [-0.4, -0.2) is 18.2 Å². The van der Waals surface area contributed by atoms with E-state index in [1.165, 1.54) is 5.56 Å². The number of halogens is 1. The summed E-state index contributed by atoms with van der Waals surface area (Å²) in [4.78, 5) is 12.7. The van der Waals surface area contributed by atoms with E-state index in [0.717, 1.165) is 22.9 Å². The molecule has 122 valence electrons. The number of hydrogen-bond acceptors (Lipinski definition) is 3. The maximum Gasteiger partial charge on any atom is 0.315 e. The second-order valence-corrected chi connectivity index (χ2v) is 7.86. The molecule has 1 aliphatic carbocycles. The van der Waals surface area contributed by atoms with E-state index >= 15 is 0 Å². The summed E-state index contributed by atoms with van der Waals surface area (Å²) in [7, 11) is 0. The third kappa shape index (κ3) is 3.72. The van der Waals surface area contributed by atoms with Gasteiger partial charge in [0.1, 0.15) is 5.60 Å². The molecule has 1 fully saturated rings. The van der Waals surface area contributed by atoms with Crippen molar-refractivity contribution < 1.29 is 14.3 Å². The highest BCUT2D eigenvalue weighted by Crippen LogP contribution is 2.58. The van der Waals surface area contributed by atoms with Crippen molar-refractivity contribution in [1.29, 1.82) is 0 Å². The normalized spacial score (nSPS) is 17.9. The van der Waals surface area contributed by atoms with Gasteiger partial charge in [0.15, 0.2) is 0 Å². The summed E-state index contributed by atoms with van der Waals surface area (Å²) in [5, 5.41) is 0. The molecule has 22 heavy (non-hydrogen) atoms. The van der Waals surface area contributed by atoms with Crippen LogP contribution in [-0.2, 0) is 14.3 Å². The van der Waals surface area contributed by atoms with E-state index in [4.69, 9.17) is 9.47 Å². The fourth-order valence-corrected chi connectivity index (χ4v) is 3.00. The van der Waals surface area contributed by atoms with E-state index in [1.807, 2.05) is 40.7 Å². The lowest BCUT2D eigenvalue weighted by Gasteiger charge is -2.29. The van der Waals surface area contributed by atoms with Crippen LogP contribution in [0.5, 0.6) is 0 Å². The average Bonchev–Trinajstić information content (AvgIpc) is 3.19. The molecule has 1 aromatic carbocycles. The largest absolute Gasteiger partial charge is 0.459 e. The summed E-state index contributed by atoms with van der Waals surface area (Å²) < 4.78 is 12.6. The Morgan fingerprint density at radius 3 is 2.45 bits per heavy atom. The van der Waals surface area contributed by atoms with Gasteiger partial charge in [0, 0.05) is 11.1 Å². The summed E-state index contributed by atoms with van der Waals surface area (Å²) in [5.74, 6) is -0.143. The third-order valence-corrected chi connectivity index (χ3v) is 4.78. The molecule has 1 aliphatic rings. The Hall–Kier alpha value is -0.870. The quantitative estimate of drug-likeness (QED) is 0.689. The zero-order valence-electron chi connectivity index (χ0n) is 14.0. The number of esters is 1. The van der Waals surface area contributed by atoms with Crippen LogP contribution in [0.15, 0.2) is 22.7 Å². The van der Waals surface area contributed by atoms with Crippen molar-refractivity contribution in [1.82, 2.24) is 0 Å². The Morgan fingerprint density at radius 1 is 1.36 bits per heavy atom. The topological polar surface area (TPSA) is 35.5 Å². The molecule has 3 nitrogen and oxygen atoms in total. The number of ether oxygens (including phenoxy) is 2.